The highest BCUT2D eigenvalue weighted by Gasteiger charge is 2.32. The molecular weight excluding hydrogens is 572 g/mol. The fourth-order valence-electron chi connectivity index (χ4n) is 3.96. The largest absolute Gasteiger partial charge is 0.573 e. The van der Waals surface area contributed by atoms with Crippen molar-refractivity contribution < 1.29 is 46.2 Å². The van der Waals surface area contributed by atoms with Crippen LogP contribution in [0, 0.1) is 12.7 Å². The van der Waals surface area contributed by atoms with Crippen LogP contribution in [0.5, 0.6) is 23.0 Å². The van der Waals surface area contributed by atoms with Crippen molar-refractivity contribution in [3.8, 4) is 28.8 Å². The van der Waals surface area contributed by atoms with Gasteiger partial charge in [0.05, 0.1) is 23.2 Å². The van der Waals surface area contributed by atoms with E-state index in [1.807, 2.05) is 13.8 Å². The predicted molar refractivity (Wildman–Crippen MR) is 145 cm³/mol. The molecular formula is C28H25ClF4N2O6. The van der Waals surface area contributed by atoms with Crippen LogP contribution in [-0.2, 0) is 4.79 Å². The smallest absolute Gasteiger partial charge is 0.491 e. The van der Waals surface area contributed by atoms with E-state index in [9.17, 15) is 17.6 Å². The zero-order valence-electron chi connectivity index (χ0n) is 22.3. The normalized spacial score (nSPS) is 10.9. The predicted octanol–water partition coefficient (Wildman–Crippen LogP) is 8.69. The van der Waals surface area contributed by atoms with Crippen molar-refractivity contribution in [1.29, 1.82) is 0 Å². The molecule has 3 aromatic carbocycles. The SMILES string of the molecule is CC.CCOc1cc(Oc2c(C)n(-c3noc4cc(Cl)ccc34)c3ccc(OC(F)(F)F)cc23)ccc1F.O=CO. The number of halogens is 5. The van der Waals surface area contributed by atoms with Crippen molar-refractivity contribution in [2.24, 2.45) is 0 Å². The Morgan fingerprint density at radius 2 is 1.73 bits per heavy atom. The van der Waals surface area contributed by atoms with E-state index in [0.717, 1.165) is 0 Å². The first-order chi connectivity index (χ1) is 19.6. The van der Waals surface area contributed by atoms with Crippen molar-refractivity contribution in [1.82, 2.24) is 9.72 Å². The maximum Gasteiger partial charge on any atom is 0.573 e. The second kappa shape index (κ2) is 13.3. The lowest BCUT2D eigenvalue weighted by Crippen LogP contribution is -2.17. The van der Waals surface area contributed by atoms with Gasteiger partial charge in [-0.25, -0.2) is 4.39 Å². The van der Waals surface area contributed by atoms with Gasteiger partial charge in [0.1, 0.15) is 11.5 Å². The third kappa shape index (κ3) is 7.01. The highest BCUT2D eigenvalue weighted by atomic mass is 35.5. The summed E-state index contributed by atoms with van der Waals surface area (Å²) in [5, 5.41) is 12.4. The molecule has 218 valence electrons. The van der Waals surface area contributed by atoms with Gasteiger partial charge in [-0.05, 0) is 56.3 Å². The molecule has 0 unspecified atom stereocenters. The Balaban J connectivity index is 0.000000868. The number of alkyl halides is 3. The summed E-state index contributed by atoms with van der Waals surface area (Å²) in [6, 6.07) is 12.8. The van der Waals surface area contributed by atoms with Crippen molar-refractivity contribution in [3.63, 3.8) is 0 Å². The van der Waals surface area contributed by atoms with Crippen molar-refractivity contribution >= 4 is 39.9 Å². The van der Waals surface area contributed by atoms with Crippen LogP contribution < -0.4 is 14.2 Å². The summed E-state index contributed by atoms with van der Waals surface area (Å²) in [7, 11) is 0. The Morgan fingerprint density at radius 1 is 1.05 bits per heavy atom. The van der Waals surface area contributed by atoms with E-state index < -0.39 is 17.9 Å². The first kappa shape index (κ1) is 31.1. The highest BCUT2D eigenvalue weighted by molar-refractivity contribution is 6.31. The first-order valence-electron chi connectivity index (χ1n) is 12.2. The van der Waals surface area contributed by atoms with E-state index in [1.54, 1.807) is 36.6 Å². The summed E-state index contributed by atoms with van der Waals surface area (Å²) >= 11 is 6.05. The van der Waals surface area contributed by atoms with E-state index >= 15 is 0 Å². The highest BCUT2D eigenvalue weighted by Crippen LogP contribution is 2.42. The van der Waals surface area contributed by atoms with Gasteiger partial charge in [0.25, 0.3) is 6.47 Å². The minimum atomic E-state index is -4.88. The lowest BCUT2D eigenvalue weighted by atomic mass is 10.2. The van der Waals surface area contributed by atoms with E-state index in [2.05, 4.69) is 9.89 Å². The van der Waals surface area contributed by atoms with Crippen LogP contribution in [0.15, 0.2) is 59.1 Å². The van der Waals surface area contributed by atoms with Crippen molar-refractivity contribution in [2.45, 2.75) is 34.1 Å². The molecule has 0 fully saturated rings. The second-order valence-corrected chi connectivity index (χ2v) is 8.29. The third-order valence-corrected chi connectivity index (χ3v) is 5.64. The Bertz CT molecular complexity index is 1650. The quantitative estimate of drug-likeness (QED) is 0.155. The molecule has 0 aliphatic carbocycles. The van der Waals surface area contributed by atoms with E-state index in [-0.39, 0.29) is 30.3 Å². The molecule has 0 aliphatic heterocycles. The number of benzene rings is 3. The third-order valence-electron chi connectivity index (χ3n) is 5.40. The van der Waals surface area contributed by atoms with Crippen LogP contribution in [0.1, 0.15) is 26.5 Å². The summed E-state index contributed by atoms with van der Waals surface area (Å²) in [4.78, 5) is 8.36. The van der Waals surface area contributed by atoms with Crippen LogP contribution in [0.4, 0.5) is 17.6 Å². The molecule has 13 heteroatoms. The van der Waals surface area contributed by atoms with Crippen LogP contribution in [-0.4, -0.2) is 34.3 Å². The molecule has 2 heterocycles. The van der Waals surface area contributed by atoms with Gasteiger partial charge in [-0.15, -0.1) is 13.2 Å². The van der Waals surface area contributed by atoms with Gasteiger partial charge in [-0.3, -0.25) is 9.36 Å². The summed E-state index contributed by atoms with van der Waals surface area (Å²) < 4.78 is 75.4. The molecule has 41 heavy (non-hydrogen) atoms. The average molecular weight is 597 g/mol. The lowest BCUT2D eigenvalue weighted by Gasteiger charge is -2.11. The number of hydrogen-bond acceptors (Lipinski definition) is 6. The van der Waals surface area contributed by atoms with Gasteiger partial charge in [0, 0.05) is 22.5 Å². The molecule has 0 radical (unpaired) electrons. The van der Waals surface area contributed by atoms with Gasteiger partial charge >= 0.3 is 6.36 Å². The molecule has 5 rings (SSSR count). The average Bonchev–Trinajstić information content (AvgIpc) is 3.44. The van der Waals surface area contributed by atoms with Gasteiger partial charge in [0.15, 0.2) is 28.7 Å². The van der Waals surface area contributed by atoms with Gasteiger partial charge in [-0.2, -0.15) is 0 Å². The number of fused-ring (bicyclic) bond motifs is 2. The number of ether oxygens (including phenoxy) is 3. The standard InChI is InChI=1S/C25H17ClF4N2O4.C2H6.CH2O2/c1-3-33-22-12-15(5-8-19(22)27)34-23-13(2)32(24-17-7-4-14(26)10-21(17)36-31-24)20-9-6-16(11-18(20)23)35-25(28,29)30;1-2;2-1-3/h4-12H,3H2,1-2H3;1-2H3;1H,(H,2,3). The Labute approximate surface area is 236 Å². The summed E-state index contributed by atoms with van der Waals surface area (Å²) in [5.41, 5.74) is 1.41. The van der Waals surface area contributed by atoms with Crippen LogP contribution in [0.2, 0.25) is 5.02 Å². The number of nitrogens with zero attached hydrogens (tertiary/aromatic N) is 2. The first-order valence-corrected chi connectivity index (χ1v) is 12.6. The van der Waals surface area contributed by atoms with E-state index in [1.165, 1.54) is 36.4 Å². The maximum absolute atomic E-state index is 14.1. The zero-order valence-corrected chi connectivity index (χ0v) is 23.0. The molecule has 0 atom stereocenters. The van der Waals surface area contributed by atoms with Crippen LogP contribution in [0.3, 0.4) is 0 Å². The Morgan fingerprint density at radius 3 is 2.39 bits per heavy atom. The minimum absolute atomic E-state index is 0.0168. The van der Waals surface area contributed by atoms with Crippen molar-refractivity contribution in [3.05, 3.63) is 71.1 Å². The molecule has 1 N–H and O–H groups in total. The summed E-state index contributed by atoms with van der Waals surface area (Å²) in [5.74, 6) is -0.188. The second-order valence-electron chi connectivity index (χ2n) is 7.86. The molecule has 0 spiro atoms. The molecule has 0 saturated heterocycles. The van der Waals surface area contributed by atoms with Gasteiger partial charge < -0.3 is 23.8 Å². The fraction of sp³-hybridized carbons (Fsp3) is 0.214. The monoisotopic (exact) mass is 596 g/mol. The summed E-state index contributed by atoms with van der Waals surface area (Å²) in [6.07, 6.45) is -4.88. The molecule has 0 bridgehead atoms. The maximum atomic E-state index is 14.1. The summed E-state index contributed by atoms with van der Waals surface area (Å²) in [6.45, 7) is 7.41. The molecule has 0 saturated carbocycles. The molecule has 0 aliphatic rings. The minimum Gasteiger partial charge on any atom is -0.491 e. The number of aromatic nitrogens is 2. The molecule has 0 amide bonds. The number of hydrogen-bond donors (Lipinski definition) is 1. The number of carboxylic acid groups (broad SMARTS) is 1. The van der Waals surface area contributed by atoms with Crippen LogP contribution >= 0.6 is 11.6 Å². The molecule has 2 aromatic heterocycles. The topological polar surface area (TPSA) is 96.0 Å². The van der Waals surface area contributed by atoms with E-state index in [0.29, 0.717) is 38.4 Å². The number of carbonyl (C=O) groups is 1. The van der Waals surface area contributed by atoms with Gasteiger partial charge in [0.2, 0.25) is 0 Å². The van der Waals surface area contributed by atoms with Crippen molar-refractivity contribution in [2.75, 3.05) is 6.61 Å². The Kier molecular flexibility index (Phi) is 10.1. The molecule has 8 nitrogen and oxygen atoms in total. The zero-order chi connectivity index (χ0) is 30.3. The Hall–Kier alpha value is -4.45. The lowest BCUT2D eigenvalue weighted by molar-refractivity contribution is -0.274. The van der Waals surface area contributed by atoms with E-state index in [4.69, 9.17) is 35.5 Å². The molecule has 5 aromatic rings. The fourth-order valence-corrected chi connectivity index (χ4v) is 4.12. The number of rotatable bonds is 6. The van der Waals surface area contributed by atoms with Crippen LogP contribution in [0.25, 0.3) is 27.7 Å². The van der Waals surface area contributed by atoms with Gasteiger partial charge in [-0.1, -0.05) is 30.6 Å².